The Bertz CT molecular complexity index is 319. The Morgan fingerprint density at radius 3 is 2.29 bits per heavy atom. The van der Waals surface area contributed by atoms with Gasteiger partial charge in [-0.05, 0) is 20.8 Å². The summed E-state index contributed by atoms with van der Waals surface area (Å²) in [6.07, 6.45) is 0.773. The molecule has 0 spiro atoms. The number of rotatable bonds is 0. The van der Waals surface area contributed by atoms with Crippen molar-refractivity contribution in [3.8, 4) is 0 Å². The van der Waals surface area contributed by atoms with Gasteiger partial charge in [0.2, 0.25) is 0 Å². The van der Waals surface area contributed by atoms with Crippen LogP contribution in [-0.2, 0) is 9.53 Å². The van der Waals surface area contributed by atoms with Crippen molar-refractivity contribution in [3.63, 3.8) is 0 Å². The van der Waals surface area contributed by atoms with Crippen molar-refractivity contribution in [1.82, 2.24) is 10.2 Å². The number of hydrogen-bond donors (Lipinski definition) is 1. The number of amides is 1. The Morgan fingerprint density at radius 2 is 1.82 bits per heavy atom. The maximum Gasteiger partial charge on any atom is 0.410 e. The summed E-state index contributed by atoms with van der Waals surface area (Å²) in [6.45, 7) is 6.71. The van der Waals surface area contributed by atoms with Crippen LogP contribution in [0.2, 0.25) is 0 Å². The number of piperidine rings is 1. The van der Waals surface area contributed by atoms with E-state index in [1.807, 2.05) is 20.8 Å². The molecule has 5 heteroatoms. The van der Waals surface area contributed by atoms with Gasteiger partial charge in [-0.1, -0.05) is 0 Å². The first-order valence-electron chi connectivity index (χ1n) is 6.09. The van der Waals surface area contributed by atoms with Crippen LogP contribution in [0.4, 0.5) is 4.79 Å². The van der Waals surface area contributed by atoms with Gasteiger partial charge in [0.1, 0.15) is 11.4 Å². The highest BCUT2D eigenvalue weighted by Gasteiger charge is 2.36. The Kier molecular flexibility index (Phi) is 3.12. The number of carbonyl (C=O) groups excluding carboxylic acids is 2. The zero-order valence-corrected chi connectivity index (χ0v) is 10.7. The molecule has 1 amide bonds. The highest BCUT2D eigenvalue weighted by atomic mass is 16.6. The fourth-order valence-corrected chi connectivity index (χ4v) is 2.40. The van der Waals surface area contributed by atoms with Crippen LogP contribution in [0.25, 0.3) is 0 Å². The molecule has 96 valence electrons. The van der Waals surface area contributed by atoms with Gasteiger partial charge in [0.15, 0.2) is 0 Å². The fraction of sp³-hybridized carbons (Fsp3) is 0.833. The lowest BCUT2D eigenvalue weighted by atomic mass is 9.93. The molecule has 17 heavy (non-hydrogen) atoms. The number of piperazine rings is 1. The molecule has 2 rings (SSSR count). The predicted molar refractivity (Wildman–Crippen MR) is 62.8 cm³/mol. The maximum absolute atomic E-state index is 11.9. The van der Waals surface area contributed by atoms with Gasteiger partial charge in [0.05, 0.1) is 0 Å². The predicted octanol–water partition coefficient (Wildman–Crippen LogP) is 0.927. The molecule has 1 N–H and O–H groups in total. The Labute approximate surface area is 101 Å². The molecule has 5 nitrogen and oxygen atoms in total. The molecule has 2 atom stereocenters. The molecule has 2 bridgehead atoms. The van der Waals surface area contributed by atoms with E-state index in [-0.39, 0.29) is 18.2 Å². The molecule has 0 aromatic heterocycles. The summed E-state index contributed by atoms with van der Waals surface area (Å²) in [5, 5.41) is 3.36. The van der Waals surface area contributed by atoms with Crippen LogP contribution in [0, 0.1) is 0 Å². The summed E-state index contributed by atoms with van der Waals surface area (Å²) in [5.74, 6) is 0.294. The molecule has 2 aliphatic heterocycles. The summed E-state index contributed by atoms with van der Waals surface area (Å²) in [6, 6.07) is 0.199. The third-order valence-electron chi connectivity index (χ3n) is 2.95. The number of likely N-dealkylation sites (tertiary alicyclic amines) is 1. The first kappa shape index (κ1) is 12.4. The Balaban J connectivity index is 1.96. The van der Waals surface area contributed by atoms with E-state index in [1.165, 1.54) is 0 Å². The Hall–Kier alpha value is -1.10. The molecule has 2 fully saturated rings. The maximum atomic E-state index is 11.9. The standard InChI is InChI=1S/C12H20N2O3/c1-12(2,3)17-11(16)14-6-8-4-10(15)5-9(7-14)13-8/h8-9,13H,4-7H2,1-3H3. The number of Topliss-reactive ketones (excluding diaryl/α,β-unsaturated/α-hetero) is 1. The Morgan fingerprint density at radius 1 is 1.29 bits per heavy atom. The zero-order chi connectivity index (χ0) is 12.6. The quantitative estimate of drug-likeness (QED) is 0.684. The minimum Gasteiger partial charge on any atom is -0.444 e. The molecule has 2 unspecified atom stereocenters. The first-order valence-corrected chi connectivity index (χ1v) is 6.09. The molecule has 0 aromatic carbocycles. The summed E-state index contributed by atoms with van der Waals surface area (Å²) >= 11 is 0. The van der Waals surface area contributed by atoms with Gasteiger partial charge in [0, 0.05) is 38.0 Å². The van der Waals surface area contributed by atoms with Crippen molar-refractivity contribution in [2.75, 3.05) is 13.1 Å². The van der Waals surface area contributed by atoms with Crippen LogP contribution in [0.5, 0.6) is 0 Å². The van der Waals surface area contributed by atoms with Crippen molar-refractivity contribution in [2.45, 2.75) is 51.3 Å². The van der Waals surface area contributed by atoms with Gasteiger partial charge < -0.3 is 15.0 Å². The van der Waals surface area contributed by atoms with E-state index in [0.29, 0.717) is 31.7 Å². The number of ether oxygens (including phenoxy) is 1. The van der Waals surface area contributed by atoms with Gasteiger partial charge in [-0.15, -0.1) is 0 Å². The lowest BCUT2D eigenvalue weighted by molar-refractivity contribution is -0.123. The van der Waals surface area contributed by atoms with Crippen molar-refractivity contribution in [3.05, 3.63) is 0 Å². The van der Waals surface area contributed by atoms with E-state index in [1.54, 1.807) is 4.90 Å². The third-order valence-corrected chi connectivity index (χ3v) is 2.95. The monoisotopic (exact) mass is 240 g/mol. The van der Waals surface area contributed by atoms with Gasteiger partial charge in [-0.2, -0.15) is 0 Å². The average Bonchev–Trinajstić information content (AvgIpc) is 2.12. The van der Waals surface area contributed by atoms with Crippen LogP contribution >= 0.6 is 0 Å². The lowest BCUT2D eigenvalue weighted by Crippen LogP contribution is -2.62. The van der Waals surface area contributed by atoms with Gasteiger partial charge in [-0.25, -0.2) is 4.79 Å². The zero-order valence-electron chi connectivity index (χ0n) is 10.7. The van der Waals surface area contributed by atoms with Gasteiger partial charge in [-0.3, -0.25) is 4.79 Å². The topological polar surface area (TPSA) is 58.6 Å². The van der Waals surface area contributed by atoms with Crippen LogP contribution in [-0.4, -0.2) is 47.6 Å². The molecule has 0 saturated carbocycles. The second-order valence-corrected chi connectivity index (χ2v) is 5.89. The second-order valence-electron chi connectivity index (χ2n) is 5.89. The molecule has 2 aliphatic rings. The summed E-state index contributed by atoms with van der Waals surface area (Å²) < 4.78 is 5.34. The van der Waals surface area contributed by atoms with Crippen molar-refractivity contribution >= 4 is 11.9 Å². The van der Waals surface area contributed by atoms with E-state index in [4.69, 9.17) is 4.74 Å². The van der Waals surface area contributed by atoms with Crippen molar-refractivity contribution < 1.29 is 14.3 Å². The van der Waals surface area contributed by atoms with Crippen molar-refractivity contribution in [1.29, 1.82) is 0 Å². The highest BCUT2D eigenvalue weighted by Crippen LogP contribution is 2.19. The molecule has 2 heterocycles. The normalized spacial score (nSPS) is 29.1. The van der Waals surface area contributed by atoms with Crippen LogP contribution in [0.3, 0.4) is 0 Å². The fourth-order valence-electron chi connectivity index (χ4n) is 2.40. The summed E-state index contributed by atoms with van der Waals surface area (Å²) in [5.41, 5.74) is -0.465. The molecule has 2 saturated heterocycles. The molecular formula is C12H20N2O3. The minimum atomic E-state index is -0.465. The molecular weight excluding hydrogens is 220 g/mol. The number of carbonyl (C=O) groups is 2. The largest absolute Gasteiger partial charge is 0.444 e. The summed E-state index contributed by atoms with van der Waals surface area (Å²) in [4.78, 5) is 25.0. The average molecular weight is 240 g/mol. The second kappa shape index (κ2) is 4.29. The summed E-state index contributed by atoms with van der Waals surface area (Å²) in [7, 11) is 0. The minimum absolute atomic E-state index is 0.0996. The highest BCUT2D eigenvalue weighted by molar-refractivity contribution is 5.81. The van der Waals surface area contributed by atoms with Gasteiger partial charge in [0.25, 0.3) is 0 Å². The smallest absolute Gasteiger partial charge is 0.410 e. The molecule has 0 aliphatic carbocycles. The van der Waals surface area contributed by atoms with E-state index in [0.717, 1.165) is 0 Å². The number of nitrogens with zero attached hydrogens (tertiary/aromatic N) is 1. The third kappa shape index (κ3) is 3.19. The number of nitrogens with one attached hydrogen (secondary N) is 1. The number of fused-ring (bicyclic) bond motifs is 2. The van der Waals surface area contributed by atoms with E-state index >= 15 is 0 Å². The van der Waals surface area contributed by atoms with E-state index in [9.17, 15) is 9.59 Å². The van der Waals surface area contributed by atoms with Crippen LogP contribution in [0.1, 0.15) is 33.6 Å². The van der Waals surface area contributed by atoms with E-state index < -0.39 is 5.60 Å². The van der Waals surface area contributed by atoms with Gasteiger partial charge >= 0.3 is 6.09 Å². The van der Waals surface area contributed by atoms with Crippen molar-refractivity contribution in [2.24, 2.45) is 0 Å². The lowest BCUT2D eigenvalue weighted by Gasteiger charge is -2.41. The number of hydrogen-bond acceptors (Lipinski definition) is 4. The molecule has 0 aromatic rings. The number of ketones is 1. The molecule has 0 radical (unpaired) electrons. The van der Waals surface area contributed by atoms with Crippen LogP contribution < -0.4 is 5.32 Å². The van der Waals surface area contributed by atoms with Crippen LogP contribution in [0.15, 0.2) is 0 Å². The SMILES string of the molecule is CC(C)(C)OC(=O)N1CC2CC(=O)CC(C1)N2. The van der Waals surface area contributed by atoms with E-state index in [2.05, 4.69) is 5.32 Å². The first-order chi connectivity index (χ1) is 7.83.